The van der Waals surface area contributed by atoms with Crippen molar-refractivity contribution in [3.8, 4) is 11.5 Å². The molecule has 0 spiro atoms. The summed E-state index contributed by atoms with van der Waals surface area (Å²) in [6.45, 7) is 4.51. The van der Waals surface area contributed by atoms with Crippen LogP contribution < -0.4 is 14.8 Å². The molecule has 1 aromatic heterocycles. The van der Waals surface area contributed by atoms with Gasteiger partial charge in [0.15, 0.2) is 17.1 Å². The minimum absolute atomic E-state index is 0.135. The van der Waals surface area contributed by atoms with Crippen LogP contribution in [0.15, 0.2) is 52.1 Å². The van der Waals surface area contributed by atoms with E-state index in [9.17, 15) is 9.18 Å². The van der Waals surface area contributed by atoms with Crippen LogP contribution >= 0.6 is 27.7 Å². The molecule has 0 saturated carbocycles. The Bertz CT molecular complexity index is 1050. The maximum absolute atomic E-state index is 13.2. The second-order valence-corrected chi connectivity index (χ2v) is 8.28. The van der Waals surface area contributed by atoms with E-state index in [1.54, 1.807) is 7.11 Å². The molecule has 31 heavy (non-hydrogen) atoms. The number of benzene rings is 2. The molecule has 1 unspecified atom stereocenters. The third-order valence-corrected chi connectivity index (χ3v) is 5.96. The molecular formula is C21H22BrFN4O3S. The summed E-state index contributed by atoms with van der Waals surface area (Å²) < 4.78 is 26.7. The maximum atomic E-state index is 13.2. The molecule has 1 atom stereocenters. The van der Waals surface area contributed by atoms with E-state index < -0.39 is 0 Å². The summed E-state index contributed by atoms with van der Waals surface area (Å²) >= 11 is 4.51. The van der Waals surface area contributed by atoms with Crippen molar-refractivity contribution in [1.82, 2.24) is 14.8 Å². The number of amides is 1. The molecule has 3 rings (SSSR count). The number of hydrogen-bond donors (Lipinski definition) is 1. The Morgan fingerprint density at radius 3 is 2.58 bits per heavy atom. The summed E-state index contributed by atoms with van der Waals surface area (Å²) in [5.74, 6) is 1.64. The van der Waals surface area contributed by atoms with Gasteiger partial charge >= 0.3 is 0 Å². The van der Waals surface area contributed by atoms with E-state index >= 15 is 0 Å². The van der Waals surface area contributed by atoms with E-state index in [1.165, 1.54) is 30.0 Å². The van der Waals surface area contributed by atoms with Crippen molar-refractivity contribution in [2.24, 2.45) is 0 Å². The Kier molecular flexibility index (Phi) is 7.91. The van der Waals surface area contributed by atoms with Gasteiger partial charge in [0, 0.05) is 11.0 Å². The highest BCUT2D eigenvalue weighted by atomic mass is 79.9. The van der Waals surface area contributed by atoms with Gasteiger partial charge in [-0.25, -0.2) is 4.39 Å². The first-order valence-electron chi connectivity index (χ1n) is 9.52. The molecule has 0 aliphatic rings. The molecule has 164 valence electrons. The lowest BCUT2D eigenvalue weighted by Gasteiger charge is -2.16. The molecular weight excluding hydrogens is 487 g/mol. The third kappa shape index (κ3) is 5.98. The highest BCUT2D eigenvalue weighted by molar-refractivity contribution is 9.10. The topological polar surface area (TPSA) is 78.3 Å². The van der Waals surface area contributed by atoms with Crippen LogP contribution in [0.4, 0.5) is 10.1 Å². The number of nitrogens with zero attached hydrogens (tertiary/aromatic N) is 3. The number of hydrogen-bond acceptors (Lipinski definition) is 6. The molecule has 0 aliphatic carbocycles. The number of halogens is 2. The van der Waals surface area contributed by atoms with Crippen LogP contribution in [0.5, 0.6) is 11.5 Å². The fourth-order valence-electron chi connectivity index (χ4n) is 2.82. The Morgan fingerprint density at radius 1 is 1.23 bits per heavy atom. The number of anilines is 1. The quantitative estimate of drug-likeness (QED) is 0.406. The van der Waals surface area contributed by atoms with Crippen LogP contribution in [0, 0.1) is 5.82 Å². The van der Waals surface area contributed by atoms with E-state index in [-0.39, 0.29) is 23.6 Å². The van der Waals surface area contributed by atoms with Crippen LogP contribution in [0.2, 0.25) is 0 Å². The Labute approximate surface area is 192 Å². The Hall–Kier alpha value is -2.59. The van der Waals surface area contributed by atoms with E-state index in [2.05, 4.69) is 31.4 Å². The van der Waals surface area contributed by atoms with Gasteiger partial charge in [-0.15, -0.1) is 10.2 Å². The van der Waals surface area contributed by atoms with Crippen molar-refractivity contribution >= 4 is 39.3 Å². The van der Waals surface area contributed by atoms with Gasteiger partial charge in [0.2, 0.25) is 5.91 Å². The summed E-state index contributed by atoms with van der Waals surface area (Å²) in [5, 5.41) is 11.9. The molecule has 0 aliphatic heterocycles. The number of methoxy groups -OCH3 is 1. The molecule has 2 aromatic carbocycles. The van der Waals surface area contributed by atoms with Gasteiger partial charge in [0.05, 0.1) is 18.6 Å². The monoisotopic (exact) mass is 508 g/mol. The van der Waals surface area contributed by atoms with E-state index in [0.717, 1.165) is 5.75 Å². The summed E-state index contributed by atoms with van der Waals surface area (Å²) in [7, 11) is 1.61. The first-order chi connectivity index (χ1) is 14.9. The van der Waals surface area contributed by atoms with Gasteiger partial charge in [0.25, 0.3) is 0 Å². The Morgan fingerprint density at radius 2 is 1.94 bits per heavy atom. The van der Waals surface area contributed by atoms with Crippen LogP contribution in [-0.4, -0.2) is 33.5 Å². The van der Waals surface area contributed by atoms with Crippen molar-refractivity contribution in [3.05, 3.63) is 58.6 Å². The van der Waals surface area contributed by atoms with Crippen molar-refractivity contribution in [3.63, 3.8) is 0 Å². The van der Waals surface area contributed by atoms with Crippen molar-refractivity contribution < 1.29 is 18.7 Å². The Balaban J connectivity index is 1.62. The maximum Gasteiger partial charge on any atom is 0.234 e. The summed E-state index contributed by atoms with van der Waals surface area (Å²) in [4.78, 5) is 12.3. The van der Waals surface area contributed by atoms with Gasteiger partial charge < -0.3 is 19.4 Å². The van der Waals surface area contributed by atoms with Crippen molar-refractivity contribution in [2.45, 2.75) is 31.7 Å². The number of carbonyl (C=O) groups is 1. The normalized spacial score (nSPS) is 11.8. The minimum atomic E-state index is -0.381. The average Bonchev–Trinajstić information content (AvgIpc) is 3.18. The zero-order valence-corrected chi connectivity index (χ0v) is 19.7. The summed E-state index contributed by atoms with van der Waals surface area (Å²) in [5.41, 5.74) is 0.506. The zero-order chi connectivity index (χ0) is 22.4. The van der Waals surface area contributed by atoms with E-state index in [1.807, 2.05) is 42.7 Å². The standard InChI is InChI=1S/C21H22BrFN4O3S/c1-4-27-20(13(2)30-16-8-6-15(29-3)7-9-16)25-26-21(27)31-12-19(28)24-18-10-5-14(23)11-17(18)22/h5-11,13H,4,12H2,1-3H3,(H,24,28). The van der Waals surface area contributed by atoms with Crippen molar-refractivity contribution in [2.75, 3.05) is 18.2 Å². The molecule has 1 amide bonds. The van der Waals surface area contributed by atoms with Crippen LogP contribution in [-0.2, 0) is 11.3 Å². The van der Waals surface area contributed by atoms with Gasteiger partial charge in [-0.1, -0.05) is 11.8 Å². The van der Waals surface area contributed by atoms with Gasteiger partial charge in [-0.05, 0) is 72.2 Å². The second-order valence-electron chi connectivity index (χ2n) is 6.48. The number of aromatic nitrogens is 3. The summed E-state index contributed by atoms with van der Waals surface area (Å²) in [6.07, 6.45) is -0.334. The number of carbonyl (C=O) groups excluding carboxylic acids is 1. The first-order valence-corrected chi connectivity index (χ1v) is 11.3. The van der Waals surface area contributed by atoms with E-state index in [4.69, 9.17) is 9.47 Å². The first kappa shape index (κ1) is 23.1. The molecule has 7 nitrogen and oxygen atoms in total. The molecule has 10 heteroatoms. The van der Waals surface area contributed by atoms with Gasteiger partial charge in [-0.2, -0.15) is 0 Å². The predicted octanol–water partition coefficient (Wildman–Crippen LogP) is 5.08. The molecule has 0 fully saturated rings. The molecule has 1 heterocycles. The van der Waals surface area contributed by atoms with Crippen LogP contribution in [0.25, 0.3) is 0 Å². The minimum Gasteiger partial charge on any atom is -0.497 e. The number of nitrogens with one attached hydrogen (secondary N) is 1. The van der Waals surface area contributed by atoms with Gasteiger partial charge in [-0.3, -0.25) is 4.79 Å². The SMILES string of the molecule is CCn1c(SCC(=O)Nc2ccc(F)cc2Br)nnc1C(C)Oc1ccc(OC)cc1. The molecule has 0 saturated heterocycles. The smallest absolute Gasteiger partial charge is 0.234 e. The summed E-state index contributed by atoms with van der Waals surface area (Å²) in [6, 6.07) is 11.4. The second kappa shape index (κ2) is 10.6. The van der Waals surface area contributed by atoms with Crippen molar-refractivity contribution in [1.29, 1.82) is 0 Å². The largest absolute Gasteiger partial charge is 0.497 e. The lowest BCUT2D eigenvalue weighted by Crippen LogP contribution is -2.15. The lowest BCUT2D eigenvalue weighted by molar-refractivity contribution is -0.113. The van der Waals surface area contributed by atoms with Gasteiger partial charge in [0.1, 0.15) is 17.3 Å². The molecule has 1 N–H and O–H groups in total. The fourth-order valence-corrected chi connectivity index (χ4v) is 4.08. The average molecular weight is 509 g/mol. The lowest BCUT2D eigenvalue weighted by atomic mass is 10.3. The number of ether oxygens (including phenoxy) is 2. The fraction of sp³-hybridized carbons (Fsp3) is 0.286. The predicted molar refractivity (Wildman–Crippen MR) is 121 cm³/mol. The highest BCUT2D eigenvalue weighted by Gasteiger charge is 2.19. The molecule has 3 aromatic rings. The third-order valence-electron chi connectivity index (χ3n) is 4.34. The van der Waals surface area contributed by atoms with Crippen LogP contribution in [0.1, 0.15) is 25.8 Å². The number of thioether (sulfide) groups is 1. The highest BCUT2D eigenvalue weighted by Crippen LogP contribution is 2.27. The molecule has 0 bridgehead atoms. The van der Waals surface area contributed by atoms with Crippen LogP contribution in [0.3, 0.4) is 0 Å². The van der Waals surface area contributed by atoms with E-state index in [0.29, 0.717) is 33.4 Å². The number of rotatable bonds is 9. The zero-order valence-electron chi connectivity index (χ0n) is 17.3. The molecule has 0 radical (unpaired) electrons.